The van der Waals surface area contributed by atoms with Crippen LogP contribution in [0.1, 0.15) is 5.56 Å². The lowest BCUT2D eigenvalue weighted by molar-refractivity contribution is 0.0322. The quantitative estimate of drug-likeness (QED) is 0.341. The van der Waals surface area contributed by atoms with E-state index in [4.69, 9.17) is 15.2 Å². The summed E-state index contributed by atoms with van der Waals surface area (Å²) in [6, 6.07) is 15.1. The number of ether oxygens (including phenoxy) is 2. The Balaban J connectivity index is 1.25. The zero-order valence-electron chi connectivity index (χ0n) is 18.7. The number of nitrogens with two attached hydrogens (primary N) is 1. The third-order valence-corrected chi connectivity index (χ3v) is 5.79. The van der Waals surface area contributed by atoms with Crippen LogP contribution in [0.3, 0.4) is 0 Å². The maximum absolute atomic E-state index is 12.5. The maximum Gasteiger partial charge on any atom is 0.328 e. The van der Waals surface area contributed by atoms with Crippen molar-refractivity contribution in [3.05, 3.63) is 70.8 Å². The molecule has 0 saturated carbocycles. The summed E-state index contributed by atoms with van der Waals surface area (Å²) in [6.07, 6.45) is 1.60. The monoisotopic (exact) mass is 461 g/mol. The summed E-state index contributed by atoms with van der Waals surface area (Å²) < 4.78 is 12.8. The molecule has 0 unspecified atom stereocenters. The molecule has 1 saturated heterocycles. The molecule has 176 valence electrons. The van der Waals surface area contributed by atoms with E-state index in [1.165, 1.54) is 0 Å². The van der Waals surface area contributed by atoms with Gasteiger partial charge in [0, 0.05) is 31.0 Å². The average molecular weight is 462 g/mol. The summed E-state index contributed by atoms with van der Waals surface area (Å²) in [5.41, 5.74) is 9.16. The van der Waals surface area contributed by atoms with Crippen LogP contribution in [0.5, 0.6) is 5.75 Å². The molecule has 1 aliphatic rings. The van der Waals surface area contributed by atoms with Gasteiger partial charge in [-0.05, 0) is 35.9 Å². The van der Waals surface area contributed by atoms with Crippen LogP contribution in [0.15, 0.2) is 59.5 Å². The zero-order chi connectivity index (χ0) is 23.3. The standard InChI is InChI=1S/C24H27N7O3/c25-20-4-2-1-3-17(20)16-31-22-21(28-24(31)32)15-26-23(29-22)27-18-5-7-19(8-6-18)34-14-11-30-9-12-33-13-10-30/h1-8,15H,9-14,16,25H2,(H,28,32)(H,26,27,29). The summed E-state index contributed by atoms with van der Waals surface area (Å²) in [5, 5.41) is 3.19. The third-order valence-electron chi connectivity index (χ3n) is 5.79. The Hall–Kier alpha value is -3.89. The number of anilines is 3. The number of H-pyrrole nitrogens is 1. The average Bonchev–Trinajstić information content (AvgIpc) is 3.16. The van der Waals surface area contributed by atoms with E-state index in [1.54, 1.807) is 10.8 Å². The lowest BCUT2D eigenvalue weighted by Crippen LogP contribution is -2.38. The van der Waals surface area contributed by atoms with Crippen molar-refractivity contribution >= 4 is 28.5 Å². The highest BCUT2D eigenvalue weighted by Gasteiger charge is 2.12. The molecule has 0 aliphatic carbocycles. The number of aromatic nitrogens is 4. The second kappa shape index (κ2) is 9.94. The minimum atomic E-state index is -0.261. The fraction of sp³-hybridized carbons (Fsp3) is 0.292. The molecule has 2 aromatic carbocycles. The summed E-state index contributed by atoms with van der Waals surface area (Å²) in [7, 11) is 0. The number of fused-ring (bicyclic) bond motifs is 1. The first-order chi connectivity index (χ1) is 16.7. The largest absolute Gasteiger partial charge is 0.492 e. The predicted octanol–water partition coefficient (Wildman–Crippen LogP) is 2.20. The molecule has 5 rings (SSSR count). The minimum Gasteiger partial charge on any atom is -0.492 e. The molecule has 34 heavy (non-hydrogen) atoms. The number of nitrogens with one attached hydrogen (secondary N) is 2. The Labute approximate surface area is 196 Å². The van der Waals surface area contributed by atoms with Crippen molar-refractivity contribution in [1.29, 1.82) is 0 Å². The molecular formula is C24H27N7O3. The van der Waals surface area contributed by atoms with Crippen LogP contribution in [-0.4, -0.2) is 63.9 Å². The molecule has 10 nitrogen and oxygen atoms in total. The summed E-state index contributed by atoms with van der Waals surface area (Å²) in [6.45, 7) is 5.29. The number of nitrogens with zero attached hydrogens (tertiary/aromatic N) is 4. The van der Waals surface area contributed by atoms with Crippen molar-refractivity contribution in [2.75, 3.05) is 50.5 Å². The molecule has 1 fully saturated rings. The van der Waals surface area contributed by atoms with Gasteiger partial charge < -0.3 is 25.5 Å². The van der Waals surface area contributed by atoms with Gasteiger partial charge >= 0.3 is 5.69 Å². The summed E-state index contributed by atoms with van der Waals surface area (Å²) >= 11 is 0. The van der Waals surface area contributed by atoms with E-state index >= 15 is 0 Å². The molecule has 0 atom stereocenters. The van der Waals surface area contributed by atoms with Crippen LogP contribution in [0.25, 0.3) is 11.2 Å². The van der Waals surface area contributed by atoms with Crippen molar-refractivity contribution in [3.8, 4) is 5.75 Å². The van der Waals surface area contributed by atoms with Gasteiger partial charge in [-0.1, -0.05) is 18.2 Å². The van der Waals surface area contributed by atoms with Gasteiger partial charge in [-0.25, -0.2) is 9.78 Å². The van der Waals surface area contributed by atoms with E-state index in [1.807, 2.05) is 48.5 Å². The highest BCUT2D eigenvalue weighted by atomic mass is 16.5. The molecule has 0 spiro atoms. The number of hydrogen-bond donors (Lipinski definition) is 3. The molecule has 10 heteroatoms. The van der Waals surface area contributed by atoms with Gasteiger partial charge in [0.05, 0.1) is 26.0 Å². The number of imidazole rings is 1. The Kier molecular flexibility index (Phi) is 6.41. The molecule has 0 amide bonds. The van der Waals surface area contributed by atoms with Gasteiger partial charge in [-0.2, -0.15) is 4.98 Å². The van der Waals surface area contributed by atoms with Gasteiger partial charge in [-0.3, -0.25) is 9.47 Å². The second-order valence-electron chi connectivity index (χ2n) is 8.10. The molecular weight excluding hydrogens is 434 g/mol. The minimum absolute atomic E-state index is 0.261. The predicted molar refractivity (Wildman–Crippen MR) is 131 cm³/mol. The van der Waals surface area contributed by atoms with Crippen LogP contribution in [-0.2, 0) is 11.3 Å². The van der Waals surface area contributed by atoms with Crippen LogP contribution < -0.4 is 21.5 Å². The first kappa shape index (κ1) is 21.9. The Bertz CT molecular complexity index is 1310. The molecule has 4 aromatic rings. The first-order valence-electron chi connectivity index (χ1n) is 11.2. The number of hydrogen-bond acceptors (Lipinski definition) is 8. The number of rotatable bonds is 8. The van der Waals surface area contributed by atoms with Crippen molar-refractivity contribution in [3.63, 3.8) is 0 Å². The van der Waals surface area contributed by atoms with Crippen LogP contribution in [0.4, 0.5) is 17.3 Å². The van der Waals surface area contributed by atoms with Crippen molar-refractivity contribution in [2.45, 2.75) is 6.54 Å². The Morgan fingerprint density at radius 2 is 1.91 bits per heavy atom. The number of nitrogen functional groups attached to an aromatic ring is 1. The van der Waals surface area contributed by atoms with Crippen molar-refractivity contribution in [1.82, 2.24) is 24.4 Å². The van der Waals surface area contributed by atoms with Gasteiger partial charge in [0.15, 0.2) is 5.65 Å². The molecule has 0 bridgehead atoms. The fourth-order valence-corrected chi connectivity index (χ4v) is 3.88. The van der Waals surface area contributed by atoms with E-state index in [2.05, 4.69) is 25.2 Å². The van der Waals surface area contributed by atoms with E-state index in [-0.39, 0.29) is 5.69 Å². The van der Waals surface area contributed by atoms with Crippen LogP contribution in [0, 0.1) is 0 Å². The van der Waals surface area contributed by atoms with Gasteiger partial charge in [-0.15, -0.1) is 0 Å². The van der Waals surface area contributed by atoms with Gasteiger partial charge in [0.1, 0.15) is 17.9 Å². The number of morpholine rings is 1. The highest BCUT2D eigenvalue weighted by molar-refractivity contribution is 5.72. The second-order valence-corrected chi connectivity index (χ2v) is 8.10. The normalized spacial score (nSPS) is 14.4. The zero-order valence-corrected chi connectivity index (χ0v) is 18.7. The molecule has 0 radical (unpaired) electrons. The fourth-order valence-electron chi connectivity index (χ4n) is 3.88. The first-order valence-corrected chi connectivity index (χ1v) is 11.2. The smallest absolute Gasteiger partial charge is 0.328 e. The van der Waals surface area contributed by atoms with Gasteiger partial charge in [0.25, 0.3) is 0 Å². The van der Waals surface area contributed by atoms with Crippen molar-refractivity contribution in [2.24, 2.45) is 0 Å². The molecule has 4 N–H and O–H groups in total. The van der Waals surface area contributed by atoms with E-state index in [0.717, 1.165) is 49.8 Å². The lowest BCUT2D eigenvalue weighted by atomic mass is 10.2. The Morgan fingerprint density at radius 3 is 2.71 bits per heavy atom. The van der Waals surface area contributed by atoms with E-state index in [9.17, 15) is 4.79 Å². The summed E-state index contributed by atoms with van der Waals surface area (Å²) in [5.74, 6) is 1.19. The molecule has 2 aromatic heterocycles. The third kappa shape index (κ3) is 5.03. The summed E-state index contributed by atoms with van der Waals surface area (Å²) in [4.78, 5) is 26.5. The number of para-hydroxylation sites is 1. The molecule has 3 heterocycles. The molecule has 1 aliphatic heterocycles. The number of benzene rings is 2. The SMILES string of the molecule is Nc1ccccc1Cn1c(=O)[nH]c2cnc(Nc3ccc(OCCN4CCOCC4)cc3)nc21. The maximum atomic E-state index is 12.5. The number of aromatic amines is 1. The topological polar surface area (TPSA) is 123 Å². The van der Waals surface area contributed by atoms with Crippen LogP contribution >= 0.6 is 0 Å². The van der Waals surface area contributed by atoms with E-state index < -0.39 is 0 Å². The highest BCUT2D eigenvalue weighted by Crippen LogP contribution is 2.20. The van der Waals surface area contributed by atoms with E-state index in [0.29, 0.717) is 36.0 Å². The van der Waals surface area contributed by atoms with Crippen LogP contribution in [0.2, 0.25) is 0 Å². The van der Waals surface area contributed by atoms with Crippen molar-refractivity contribution < 1.29 is 9.47 Å². The lowest BCUT2D eigenvalue weighted by Gasteiger charge is -2.26. The van der Waals surface area contributed by atoms with Gasteiger partial charge in [0.2, 0.25) is 5.95 Å². The Morgan fingerprint density at radius 1 is 1.12 bits per heavy atom.